The van der Waals surface area contributed by atoms with Crippen LogP contribution in [0, 0.1) is 0 Å². The standard InChI is InChI=1S/C44H35N5/c1-6-16-38(17-7-1)47(39-30-26-36(27-31-39)34-45-48(41-18-8-2-9-19-41)42-20-10-3-11-21-42)40-32-28-37(29-33-40)35-46-49(43-22-12-4-13-23-43)44-24-14-5-15-25-44/h1-35H/b45-34+,46-35+. The molecule has 0 radical (unpaired) electrons. The molecule has 0 aliphatic heterocycles. The molecule has 236 valence electrons. The maximum absolute atomic E-state index is 4.88. The van der Waals surface area contributed by atoms with Crippen LogP contribution < -0.4 is 14.9 Å². The average Bonchev–Trinajstić information content (AvgIpc) is 3.18. The summed E-state index contributed by atoms with van der Waals surface area (Å²) < 4.78 is 0. The third kappa shape index (κ3) is 7.64. The van der Waals surface area contributed by atoms with E-state index in [0.29, 0.717) is 0 Å². The quantitative estimate of drug-likeness (QED) is 0.105. The monoisotopic (exact) mass is 633 g/mol. The molecule has 0 saturated carbocycles. The molecular formula is C44H35N5. The lowest BCUT2D eigenvalue weighted by Gasteiger charge is -2.25. The normalized spacial score (nSPS) is 11.1. The van der Waals surface area contributed by atoms with Crippen LogP contribution in [0.15, 0.2) is 210 Å². The van der Waals surface area contributed by atoms with Crippen LogP contribution in [0.25, 0.3) is 0 Å². The number of hydrogen-bond donors (Lipinski definition) is 0. The third-order valence-corrected chi connectivity index (χ3v) is 7.96. The van der Waals surface area contributed by atoms with Crippen molar-refractivity contribution in [3.8, 4) is 0 Å². The number of hydrogen-bond acceptors (Lipinski definition) is 5. The summed E-state index contributed by atoms with van der Waals surface area (Å²) in [5.41, 5.74) is 9.17. The third-order valence-electron chi connectivity index (χ3n) is 7.96. The molecule has 0 aromatic heterocycles. The van der Waals surface area contributed by atoms with E-state index >= 15 is 0 Å². The van der Waals surface area contributed by atoms with E-state index in [2.05, 4.69) is 126 Å². The van der Waals surface area contributed by atoms with Gasteiger partial charge in [0.1, 0.15) is 0 Å². The molecule has 7 aromatic rings. The highest BCUT2D eigenvalue weighted by Gasteiger charge is 2.13. The maximum Gasteiger partial charge on any atom is 0.0652 e. The summed E-state index contributed by atoms with van der Waals surface area (Å²) in [6, 6.07) is 68.1. The van der Waals surface area contributed by atoms with Gasteiger partial charge in [-0.25, -0.2) is 10.0 Å². The van der Waals surface area contributed by atoms with Crippen LogP contribution >= 0.6 is 0 Å². The molecule has 0 aliphatic carbocycles. The van der Waals surface area contributed by atoms with Gasteiger partial charge in [-0.05, 0) is 96.1 Å². The molecule has 49 heavy (non-hydrogen) atoms. The second-order valence-electron chi connectivity index (χ2n) is 11.3. The largest absolute Gasteiger partial charge is 0.311 e. The Bertz CT molecular complexity index is 1870. The minimum Gasteiger partial charge on any atom is -0.311 e. The van der Waals surface area contributed by atoms with Gasteiger partial charge in [0, 0.05) is 17.1 Å². The van der Waals surface area contributed by atoms with Crippen LogP contribution in [-0.2, 0) is 0 Å². The Kier molecular flexibility index (Phi) is 9.62. The molecule has 0 unspecified atom stereocenters. The summed E-state index contributed by atoms with van der Waals surface area (Å²) in [5.74, 6) is 0. The molecular weight excluding hydrogens is 599 g/mol. The number of para-hydroxylation sites is 5. The van der Waals surface area contributed by atoms with Gasteiger partial charge in [0.2, 0.25) is 0 Å². The Morgan fingerprint density at radius 1 is 0.265 bits per heavy atom. The van der Waals surface area contributed by atoms with Gasteiger partial charge >= 0.3 is 0 Å². The molecule has 0 heterocycles. The zero-order valence-corrected chi connectivity index (χ0v) is 26.9. The minimum absolute atomic E-state index is 0.998. The summed E-state index contributed by atoms with van der Waals surface area (Å²) in [7, 11) is 0. The number of anilines is 7. The molecule has 5 heteroatoms. The fourth-order valence-electron chi connectivity index (χ4n) is 5.53. The van der Waals surface area contributed by atoms with Gasteiger partial charge in [-0.1, -0.05) is 115 Å². The van der Waals surface area contributed by atoms with Crippen molar-refractivity contribution < 1.29 is 0 Å². The zero-order valence-electron chi connectivity index (χ0n) is 26.9. The van der Waals surface area contributed by atoms with Crippen LogP contribution in [-0.4, -0.2) is 12.4 Å². The number of rotatable bonds is 11. The van der Waals surface area contributed by atoms with Crippen molar-refractivity contribution in [2.75, 3.05) is 14.9 Å². The lowest BCUT2D eigenvalue weighted by atomic mass is 10.1. The summed E-state index contributed by atoms with van der Waals surface area (Å²) in [6.45, 7) is 0. The van der Waals surface area contributed by atoms with Crippen molar-refractivity contribution in [1.29, 1.82) is 0 Å². The summed E-state index contributed by atoms with van der Waals surface area (Å²) >= 11 is 0. The predicted octanol–water partition coefficient (Wildman–Crippen LogP) is 11.5. The van der Waals surface area contributed by atoms with Crippen molar-refractivity contribution in [1.82, 2.24) is 0 Å². The first kappa shape index (κ1) is 30.9. The van der Waals surface area contributed by atoms with Crippen LogP contribution in [0.2, 0.25) is 0 Å². The highest BCUT2D eigenvalue weighted by atomic mass is 15.5. The Morgan fingerprint density at radius 3 is 0.796 bits per heavy atom. The molecule has 0 spiro atoms. The van der Waals surface area contributed by atoms with Crippen LogP contribution in [0.4, 0.5) is 39.8 Å². The molecule has 0 aliphatic rings. The first-order valence-electron chi connectivity index (χ1n) is 16.3. The summed E-state index contributed by atoms with van der Waals surface area (Å²) in [4.78, 5) is 2.25. The second-order valence-corrected chi connectivity index (χ2v) is 11.3. The van der Waals surface area contributed by atoms with Gasteiger partial charge in [-0.15, -0.1) is 0 Å². The zero-order chi connectivity index (χ0) is 33.1. The lowest BCUT2D eigenvalue weighted by Crippen LogP contribution is -2.11. The van der Waals surface area contributed by atoms with Crippen LogP contribution in [0.3, 0.4) is 0 Å². The lowest BCUT2D eigenvalue weighted by molar-refractivity contribution is 1.09. The van der Waals surface area contributed by atoms with E-state index in [1.165, 1.54) is 0 Å². The first-order valence-corrected chi connectivity index (χ1v) is 16.3. The van der Waals surface area contributed by atoms with E-state index in [4.69, 9.17) is 10.2 Å². The molecule has 5 nitrogen and oxygen atoms in total. The fraction of sp³-hybridized carbons (Fsp3) is 0. The van der Waals surface area contributed by atoms with Gasteiger partial charge in [-0.3, -0.25) is 0 Å². The minimum atomic E-state index is 0.998. The molecule has 7 rings (SSSR count). The van der Waals surface area contributed by atoms with E-state index < -0.39 is 0 Å². The molecule has 7 aromatic carbocycles. The number of nitrogens with zero attached hydrogens (tertiary/aromatic N) is 5. The van der Waals surface area contributed by atoms with Crippen LogP contribution in [0.5, 0.6) is 0 Å². The highest BCUT2D eigenvalue weighted by molar-refractivity contribution is 5.86. The van der Waals surface area contributed by atoms with Crippen molar-refractivity contribution in [3.63, 3.8) is 0 Å². The Labute approximate surface area is 288 Å². The highest BCUT2D eigenvalue weighted by Crippen LogP contribution is 2.35. The average molecular weight is 634 g/mol. The van der Waals surface area contributed by atoms with Gasteiger partial charge in [-0.2, -0.15) is 10.2 Å². The van der Waals surface area contributed by atoms with E-state index in [-0.39, 0.29) is 0 Å². The van der Waals surface area contributed by atoms with Crippen LogP contribution in [0.1, 0.15) is 11.1 Å². The number of benzene rings is 7. The maximum atomic E-state index is 4.88. The summed E-state index contributed by atoms with van der Waals surface area (Å²) in [5, 5.41) is 13.7. The summed E-state index contributed by atoms with van der Waals surface area (Å²) in [6.07, 6.45) is 3.80. The van der Waals surface area contributed by atoms with Gasteiger partial charge in [0.25, 0.3) is 0 Å². The molecule has 0 bridgehead atoms. The van der Waals surface area contributed by atoms with Crippen molar-refractivity contribution >= 4 is 52.2 Å². The molecule has 0 atom stereocenters. The Hall–Kier alpha value is -6.72. The van der Waals surface area contributed by atoms with E-state index in [0.717, 1.165) is 50.9 Å². The molecule has 0 saturated heterocycles. The SMILES string of the molecule is C(=N\N(c1ccccc1)c1ccccc1)/c1ccc(N(c2ccccc2)c2ccc(/C=N/N(c3ccccc3)c3ccccc3)cc2)cc1. The van der Waals surface area contributed by atoms with Gasteiger partial charge in [0.05, 0.1) is 35.2 Å². The molecule has 0 amide bonds. The smallest absolute Gasteiger partial charge is 0.0652 e. The van der Waals surface area contributed by atoms with Gasteiger partial charge in [0.15, 0.2) is 0 Å². The Balaban J connectivity index is 1.14. The predicted molar refractivity (Wildman–Crippen MR) is 206 cm³/mol. The molecule has 0 N–H and O–H groups in total. The topological polar surface area (TPSA) is 34.4 Å². The van der Waals surface area contributed by atoms with E-state index in [1.54, 1.807) is 0 Å². The van der Waals surface area contributed by atoms with Crippen molar-refractivity contribution in [2.45, 2.75) is 0 Å². The van der Waals surface area contributed by atoms with Gasteiger partial charge < -0.3 is 4.90 Å². The second kappa shape index (κ2) is 15.2. The fourth-order valence-corrected chi connectivity index (χ4v) is 5.53. The van der Waals surface area contributed by atoms with Crippen molar-refractivity contribution in [2.24, 2.45) is 10.2 Å². The first-order chi connectivity index (χ1) is 24.3. The molecule has 0 fully saturated rings. The number of hydrazone groups is 2. The Morgan fingerprint density at radius 2 is 0.510 bits per heavy atom. The van der Waals surface area contributed by atoms with Crippen molar-refractivity contribution in [3.05, 3.63) is 211 Å². The van der Waals surface area contributed by atoms with E-state index in [9.17, 15) is 0 Å². The van der Waals surface area contributed by atoms with E-state index in [1.807, 2.05) is 101 Å².